The van der Waals surface area contributed by atoms with E-state index in [9.17, 15) is 0 Å². The van der Waals surface area contributed by atoms with Gasteiger partial charge in [0, 0.05) is 51.2 Å². The van der Waals surface area contributed by atoms with Gasteiger partial charge in [-0.3, -0.25) is 4.68 Å². The van der Waals surface area contributed by atoms with Gasteiger partial charge in [0.05, 0.1) is 6.20 Å². The third-order valence-electron chi connectivity index (χ3n) is 3.43. The second-order valence-corrected chi connectivity index (χ2v) is 5.04. The summed E-state index contributed by atoms with van der Waals surface area (Å²) in [6, 6.07) is 8.62. The molecule has 4 nitrogen and oxygen atoms in total. The van der Waals surface area contributed by atoms with E-state index in [2.05, 4.69) is 60.6 Å². The van der Waals surface area contributed by atoms with E-state index in [0.29, 0.717) is 0 Å². The summed E-state index contributed by atoms with van der Waals surface area (Å²) >= 11 is 0. The summed E-state index contributed by atoms with van der Waals surface area (Å²) in [5, 5.41) is 7.70. The van der Waals surface area contributed by atoms with Gasteiger partial charge in [0.25, 0.3) is 0 Å². The lowest BCUT2D eigenvalue weighted by Gasteiger charge is -2.12. The molecule has 0 spiro atoms. The van der Waals surface area contributed by atoms with Gasteiger partial charge in [0.2, 0.25) is 0 Å². The van der Waals surface area contributed by atoms with E-state index in [4.69, 9.17) is 0 Å². The molecule has 0 saturated carbocycles. The zero-order chi connectivity index (χ0) is 13.8. The number of nitrogens with one attached hydrogen (secondary N) is 1. The Hall–Kier alpha value is -1.81. The number of benzene rings is 1. The highest BCUT2D eigenvalue weighted by Crippen LogP contribution is 2.12. The molecule has 102 valence electrons. The third kappa shape index (κ3) is 3.35. The molecule has 2 rings (SSSR count). The largest absolute Gasteiger partial charge is 0.378 e. The van der Waals surface area contributed by atoms with E-state index in [-0.39, 0.29) is 0 Å². The maximum absolute atomic E-state index is 4.24. The molecular weight excluding hydrogens is 236 g/mol. The fourth-order valence-corrected chi connectivity index (χ4v) is 1.97. The lowest BCUT2D eigenvalue weighted by Crippen LogP contribution is -2.13. The summed E-state index contributed by atoms with van der Waals surface area (Å²) in [6.07, 6.45) is 1.93. The van der Waals surface area contributed by atoms with Crippen LogP contribution in [0.3, 0.4) is 0 Å². The lowest BCUT2D eigenvalue weighted by atomic mass is 10.2. The second-order valence-electron chi connectivity index (χ2n) is 5.04. The van der Waals surface area contributed by atoms with Gasteiger partial charge in [-0.05, 0) is 24.6 Å². The Bertz CT molecular complexity index is 526. The van der Waals surface area contributed by atoms with Crippen molar-refractivity contribution in [2.75, 3.05) is 19.0 Å². The van der Waals surface area contributed by atoms with E-state index in [1.807, 2.05) is 17.9 Å². The molecule has 2 aromatic rings. The topological polar surface area (TPSA) is 33.1 Å². The normalized spacial score (nSPS) is 10.7. The van der Waals surface area contributed by atoms with Gasteiger partial charge >= 0.3 is 0 Å². The van der Waals surface area contributed by atoms with Gasteiger partial charge in [-0.1, -0.05) is 12.1 Å². The lowest BCUT2D eigenvalue weighted by molar-refractivity contribution is 0.684. The van der Waals surface area contributed by atoms with Crippen molar-refractivity contribution in [1.82, 2.24) is 15.1 Å². The molecule has 1 heterocycles. The molecule has 0 unspecified atom stereocenters. The molecule has 0 saturated heterocycles. The quantitative estimate of drug-likeness (QED) is 0.891. The van der Waals surface area contributed by atoms with Gasteiger partial charge in [-0.2, -0.15) is 5.10 Å². The van der Waals surface area contributed by atoms with Crippen LogP contribution in [-0.4, -0.2) is 23.9 Å². The van der Waals surface area contributed by atoms with Crippen LogP contribution in [0.4, 0.5) is 5.69 Å². The molecule has 0 radical (unpaired) electrons. The average molecular weight is 258 g/mol. The smallest absolute Gasteiger partial charge is 0.0537 e. The van der Waals surface area contributed by atoms with Crippen molar-refractivity contribution in [2.45, 2.75) is 20.0 Å². The minimum absolute atomic E-state index is 0.856. The van der Waals surface area contributed by atoms with Crippen LogP contribution in [0.2, 0.25) is 0 Å². The Morgan fingerprint density at radius 1 is 1.16 bits per heavy atom. The summed E-state index contributed by atoms with van der Waals surface area (Å²) in [6.45, 7) is 3.83. The maximum atomic E-state index is 4.24. The molecule has 1 aromatic carbocycles. The van der Waals surface area contributed by atoms with Gasteiger partial charge in [0.15, 0.2) is 0 Å². The van der Waals surface area contributed by atoms with Crippen LogP contribution in [0.1, 0.15) is 16.8 Å². The van der Waals surface area contributed by atoms with Crippen molar-refractivity contribution < 1.29 is 0 Å². The Kier molecular flexibility index (Phi) is 4.22. The molecule has 0 amide bonds. The van der Waals surface area contributed by atoms with Crippen LogP contribution >= 0.6 is 0 Å². The average Bonchev–Trinajstić information content (AvgIpc) is 2.71. The molecule has 0 atom stereocenters. The first kappa shape index (κ1) is 13.6. The molecule has 1 N–H and O–H groups in total. The minimum atomic E-state index is 0.856. The van der Waals surface area contributed by atoms with E-state index < -0.39 is 0 Å². The van der Waals surface area contributed by atoms with Crippen LogP contribution in [0.25, 0.3) is 0 Å². The molecule has 0 fully saturated rings. The van der Waals surface area contributed by atoms with Crippen LogP contribution in [-0.2, 0) is 20.1 Å². The fraction of sp³-hybridized carbons (Fsp3) is 0.400. The number of nitrogens with zero attached hydrogens (tertiary/aromatic N) is 3. The van der Waals surface area contributed by atoms with Crippen molar-refractivity contribution in [3.05, 3.63) is 47.3 Å². The van der Waals surface area contributed by atoms with Crippen LogP contribution in [0, 0.1) is 6.92 Å². The number of hydrogen-bond donors (Lipinski definition) is 1. The Morgan fingerprint density at radius 3 is 2.37 bits per heavy atom. The highest BCUT2D eigenvalue weighted by Gasteiger charge is 2.03. The van der Waals surface area contributed by atoms with Crippen molar-refractivity contribution in [3.8, 4) is 0 Å². The molecule has 0 bridgehead atoms. The highest BCUT2D eigenvalue weighted by molar-refractivity contribution is 5.45. The Labute approximate surface area is 115 Å². The molecule has 4 heteroatoms. The summed E-state index contributed by atoms with van der Waals surface area (Å²) in [5.74, 6) is 0. The molecule has 1 aromatic heterocycles. The van der Waals surface area contributed by atoms with E-state index in [0.717, 1.165) is 13.1 Å². The predicted octanol–water partition coefficient (Wildman–Crippen LogP) is 2.08. The molecule has 0 aliphatic rings. The number of aryl methyl sites for hydroxylation is 1. The predicted molar refractivity (Wildman–Crippen MR) is 79.3 cm³/mol. The van der Waals surface area contributed by atoms with Crippen molar-refractivity contribution in [3.63, 3.8) is 0 Å². The molecule has 19 heavy (non-hydrogen) atoms. The summed E-state index contributed by atoms with van der Waals surface area (Å²) in [5.41, 5.74) is 5.00. The van der Waals surface area contributed by atoms with Crippen LogP contribution in [0.15, 0.2) is 30.5 Å². The zero-order valence-electron chi connectivity index (χ0n) is 12.1. The van der Waals surface area contributed by atoms with Crippen molar-refractivity contribution in [2.24, 2.45) is 7.05 Å². The van der Waals surface area contributed by atoms with Crippen LogP contribution < -0.4 is 10.2 Å². The first-order valence-corrected chi connectivity index (χ1v) is 6.52. The zero-order valence-corrected chi connectivity index (χ0v) is 12.1. The molecule has 0 aliphatic heterocycles. The molecule has 0 aliphatic carbocycles. The monoisotopic (exact) mass is 258 g/mol. The molecular formula is C15H22N4. The highest BCUT2D eigenvalue weighted by atomic mass is 15.3. The first-order valence-electron chi connectivity index (χ1n) is 6.52. The van der Waals surface area contributed by atoms with E-state index in [1.54, 1.807) is 0 Å². The van der Waals surface area contributed by atoms with E-state index in [1.165, 1.54) is 22.5 Å². The van der Waals surface area contributed by atoms with Gasteiger partial charge < -0.3 is 10.2 Å². The van der Waals surface area contributed by atoms with Crippen molar-refractivity contribution >= 4 is 5.69 Å². The van der Waals surface area contributed by atoms with Gasteiger partial charge in [0.1, 0.15) is 0 Å². The minimum Gasteiger partial charge on any atom is -0.378 e. The number of anilines is 1. The maximum Gasteiger partial charge on any atom is 0.0537 e. The fourth-order valence-electron chi connectivity index (χ4n) is 1.97. The Morgan fingerprint density at radius 2 is 1.84 bits per heavy atom. The summed E-state index contributed by atoms with van der Waals surface area (Å²) < 4.78 is 1.91. The second kappa shape index (κ2) is 5.89. The standard InChI is InChI=1S/C15H22N4/c1-12-14(11-17-19(12)4)10-16-9-13-5-7-15(8-6-13)18(2)3/h5-8,11,16H,9-10H2,1-4H3. The van der Waals surface area contributed by atoms with Crippen molar-refractivity contribution in [1.29, 1.82) is 0 Å². The summed E-state index contributed by atoms with van der Waals surface area (Å²) in [7, 11) is 6.08. The summed E-state index contributed by atoms with van der Waals surface area (Å²) in [4.78, 5) is 2.11. The van der Waals surface area contributed by atoms with E-state index >= 15 is 0 Å². The SMILES string of the molecule is Cc1c(CNCc2ccc(N(C)C)cc2)cnn1C. The van der Waals surface area contributed by atoms with Crippen LogP contribution in [0.5, 0.6) is 0 Å². The van der Waals surface area contributed by atoms with Gasteiger partial charge in [-0.25, -0.2) is 0 Å². The number of hydrogen-bond acceptors (Lipinski definition) is 3. The first-order chi connectivity index (χ1) is 9.08. The van der Waals surface area contributed by atoms with Gasteiger partial charge in [-0.15, -0.1) is 0 Å². The third-order valence-corrected chi connectivity index (χ3v) is 3.43. The number of rotatable bonds is 5. The number of aromatic nitrogens is 2. The Balaban J connectivity index is 1.87.